The molecule has 208 valence electrons. The first-order valence-corrected chi connectivity index (χ1v) is 12.7. The van der Waals surface area contributed by atoms with E-state index in [1.54, 1.807) is 51.8 Å². The van der Waals surface area contributed by atoms with Gasteiger partial charge in [-0.2, -0.15) is 10.2 Å². The summed E-state index contributed by atoms with van der Waals surface area (Å²) < 4.78 is 13.2. The zero-order valence-electron chi connectivity index (χ0n) is 22.3. The van der Waals surface area contributed by atoms with Crippen molar-refractivity contribution in [1.29, 1.82) is 0 Å². The van der Waals surface area contributed by atoms with Gasteiger partial charge in [-0.15, -0.1) is 0 Å². The number of halogens is 1. The Kier molecular flexibility index (Phi) is 9.53. The van der Waals surface area contributed by atoms with Crippen LogP contribution in [0.5, 0.6) is 11.5 Å². The highest BCUT2D eigenvalue weighted by molar-refractivity contribution is 6.61. The van der Waals surface area contributed by atoms with Crippen LogP contribution in [-0.4, -0.2) is 31.1 Å². The minimum absolute atomic E-state index is 0.461. The van der Waals surface area contributed by atoms with Crippen LogP contribution in [0, 0.1) is 0 Å². The number of nitrogens with zero attached hydrogens (tertiary/aromatic N) is 4. The minimum atomic E-state index is -0.814. The second-order valence-corrected chi connectivity index (χ2v) is 8.99. The van der Waals surface area contributed by atoms with Gasteiger partial charge in [0.05, 0.1) is 11.0 Å². The monoisotopic (exact) mass is 570 g/mol. The fraction of sp³-hybridized carbons (Fsp3) is 0.0667. The van der Waals surface area contributed by atoms with Crippen LogP contribution >= 0.6 is 11.6 Å². The summed E-state index contributed by atoms with van der Waals surface area (Å²) in [5.74, 6) is 0.968. The van der Waals surface area contributed by atoms with Gasteiger partial charge in [-0.3, -0.25) is 14.7 Å². The number of nitrogen functional groups attached to an aromatic ring is 1. The molecule has 11 heteroatoms. The van der Waals surface area contributed by atoms with Crippen LogP contribution in [0.25, 0.3) is 21.8 Å². The second-order valence-electron chi connectivity index (χ2n) is 8.68. The zero-order valence-corrected chi connectivity index (χ0v) is 23.0. The summed E-state index contributed by atoms with van der Waals surface area (Å²) in [5, 5.41) is 13.2. The molecule has 3 N–H and O–H groups in total. The first-order chi connectivity index (χ1) is 19.7. The predicted molar refractivity (Wildman–Crippen MR) is 160 cm³/mol. The van der Waals surface area contributed by atoms with Gasteiger partial charge < -0.3 is 15.2 Å². The molecule has 0 fully saturated rings. The SMILES string of the molecule is Cn1cc2cc(N)ccc2n1.Cn1cc2cc(NC(=O)Oc3ccccc3)ccc2n1.O=C(Cl)Oc1ccccc1. The van der Waals surface area contributed by atoms with Crippen molar-refractivity contribution in [3.63, 3.8) is 0 Å². The fourth-order valence-electron chi connectivity index (χ4n) is 3.71. The predicted octanol–water partition coefficient (Wildman–Crippen LogP) is 6.76. The number of hydrogen-bond donors (Lipinski definition) is 2. The van der Waals surface area contributed by atoms with Crippen molar-refractivity contribution < 1.29 is 19.1 Å². The first kappa shape index (κ1) is 28.7. The third kappa shape index (κ3) is 8.84. The molecule has 0 aliphatic carbocycles. The maximum atomic E-state index is 11.8. The summed E-state index contributed by atoms with van der Waals surface area (Å²) in [6.07, 6.45) is 3.33. The minimum Gasteiger partial charge on any atom is -0.415 e. The Morgan fingerprint density at radius 3 is 1.80 bits per heavy atom. The van der Waals surface area contributed by atoms with E-state index in [0.717, 1.165) is 27.5 Å². The summed E-state index contributed by atoms with van der Waals surface area (Å²) in [6, 6.07) is 28.8. The fourth-order valence-corrected chi connectivity index (χ4v) is 3.80. The maximum absolute atomic E-state index is 11.8. The van der Waals surface area contributed by atoms with E-state index in [4.69, 9.17) is 22.1 Å². The van der Waals surface area contributed by atoms with Crippen molar-refractivity contribution in [1.82, 2.24) is 19.6 Å². The van der Waals surface area contributed by atoms with Crippen molar-refractivity contribution in [3.05, 3.63) is 109 Å². The molecular weight excluding hydrogens is 544 g/mol. The van der Waals surface area contributed by atoms with Gasteiger partial charge in [0.25, 0.3) is 0 Å². The molecule has 0 aliphatic rings. The van der Waals surface area contributed by atoms with Crippen LogP contribution < -0.4 is 20.5 Å². The lowest BCUT2D eigenvalue weighted by molar-refractivity contribution is 0.215. The lowest BCUT2D eigenvalue weighted by Crippen LogP contribution is -2.16. The van der Waals surface area contributed by atoms with E-state index < -0.39 is 11.5 Å². The maximum Gasteiger partial charge on any atom is 0.417 e. The van der Waals surface area contributed by atoms with E-state index in [9.17, 15) is 9.59 Å². The number of rotatable bonds is 3. The number of carbonyl (C=O) groups excluding carboxylic acids is 2. The Labute approximate surface area is 240 Å². The number of nitrogens with two attached hydrogens (primary N) is 1. The molecule has 4 aromatic carbocycles. The van der Waals surface area contributed by atoms with Crippen molar-refractivity contribution in [2.75, 3.05) is 11.1 Å². The molecule has 0 saturated carbocycles. The van der Waals surface area contributed by atoms with E-state index >= 15 is 0 Å². The van der Waals surface area contributed by atoms with Gasteiger partial charge in [0.1, 0.15) is 11.5 Å². The van der Waals surface area contributed by atoms with Crippen molar-refractivity contribution in [2.45, 2.75) is 0 Å². The lowest BCUT2D eigenvalue weighted by atomic mass is 10.2. The molecule has 0 spiro atoms. The first-order valence-electron chi connectivity index (χ1n) is 12.3. The average molecular weight is 571 g/mol. The van der Waals surface area contributed by atoms with Crippen LogP contribution in [0.3, 0.4) is 0 Å². The van der Waals surface area contributed by atoms with Crippen molar-refractivity contribution >= 4 is 56.3 Å². The molecule has 1 amide bonds. The molecule has 6 aromatic rings. The van der Waals surface area contributed by atoms with Gasteiger partial charge in [0.15, 0.2) is 0 Å². The number of ether oxygens (including phenoxy) is 2. The van der Waals surface area contributed by atoms with Crippen LogP contribution in [-0.2, 0) is 14.1 Å². The zero-order chi connectivity index (χ0) is 29.2. The molecule has 2 heterocycles. The highest BCUT2D eigenvalue weighted by atomic mass is 35.5. The number of benzene rings is 4. The number of carbonyl (C=O) groups is 2. The van der Waals surface area contributed by atoms with E-state index in [1.165, 1.54) is 0 Å². The van der Waals surface area contributed by atoms with Gasteiger partial charge in [-0.1, -0.05) is 36.4 Å². The van der Waals surface area contributed by atoms with Crippen LogP contribution in [0.1, 0.15) is 0 Å². The van der Waals surface area contributed by atoms with Crippen LogP contribution in [0.2, 0.25) is 0 Å². The molecule has 0 bridgehead atoms. The Morgan fingerprint density at radius 2 is 1.24 bits per heavy atom. The summed E-state index contributed by atoms with van der Waals surface area (Å²) in [7, 11) is 3.76. The molecule has 0 atom stereocenters. The van der Waals surface area contributed by atoms with Crippen molar-refractivity contribution in [3.8, 4) is 11.5 Å². The highest BCUT2D eigenvalue weighted by Crippen LogP contribution is 2.18. The van der Waals surface area contributed by atoms with Gasteiger partial charge in [-0.05, 0) is 60.7 Å². The van der Waals surface area contributed by atoms with E-state index in [2.05, 4.69) is 20.3 Å². The number of hydrogen-bond acceptors (Lipinski definition) is 7. The molecule has 10 nitrogen and oxygen atoms in total. The summed E-state index contributed by atoms with van der Waals surface area (Å²) in [6.45, 7) is 0. The second kappa shape index (κ2) is 13.6. The Hall–Kier alpha value is -5.35. The van der Waals surface area contributed by atoms with E-state index in [1.807, 2.05) is 81.1 Å². The number of aromatic nitrogens is 4. The molecule has 0 unspecified atom stereocenters. The van der Waals surface area contributed by atoms with Gasteiger partial charge >= 0.3 is 11.5 Å². The van der Waals surface area contributed by atoms with Crippen LogP contribution in [0.4, 0.5) is 21.0 Å². The molecule has 41 heavy (non-hydrogen) atoms. The van der Waals surface area contributed by atoms with Gasteiger partial charge in [0.2, 0.25) is 0 Å². The molecule has 0 aliphatic heterocycles. The molecule has 6 rings (SSSR count). The molecule has 2 aromatic heterocycles. The van der Waals surface area contributed by atoms with Gasteiger partial charge in [0, 0.05) is 60.2 Å². The number of anilines is 2. The summed E-state index contributed by atoms with van der Waals surface area (Å²) in [5.41, 5.74) is 8.11. The number of fused-ring (bicyclic) bond motifs is 2. The summed E-state index contributed by atoms with van der Waals surface area (Å²) in [4.78, 5) is 21.9. The standard InChI is InChI=1S/C15H13N3O2.C8H9N3.C7H5ClO2/c1-18-10-11-9-12(7-8-14(11)17-18)16-15(19)20-13-5-3-2-4-6-13;1-11-5-6-4-7(9)2-3-8(6)10-11;8-7(9)10-6-4-2-1-3-5-6/h2-10H,1H3,(H,16,19);2-5H,9H2,1H3;1-5H. The Bertz CT molecular complexity index is 1750. The quantitative estimate of drug-likeness (QED) is 0.178. The van der Waals surface area contributed by atoms with Crippen molar-refractivity contribution in [2.24, 2.45) is 14.1 Å². The Morgan fingerprint density at radius 1 is 0.732 bits per heavy atom. The topological polar surface area (TPSA) is 126 Å². The lowest BCUT2D eigenvalue weighted by Gasteiger charge is -2.06. The Balaban J connectivity index is 0.000000156. The third-order valence-electron chi connectivity index (χ3n) is 5.40. The van der Waals surface area contributed by atoms with Crippen LogP contribution in [0.15, 0.2) is 109 Å². The largest absolute Gasteiger partial charge is 0.417 e. The number of para-hydroxylation sites is 2. The average Bonchev–Trinajstić information content (AvgIpc) is 3.49. The molecule has 0 saturated heterocycles. The number of amides is 1. The smallest absolute Gasteiger partial charge is 0.415 e. The normalized spacial score (nSPS) is 10.1. The van der Waals surface area contributed by atoms with E-state index in [-0.39, 0.29) is 0 Å². The van der Waals surface area contributed by atoms with E-state index in [0.29, 0.717) is 17.2 Å². The third-order valence-corrected chi connectivity index (χ3v) is 5.48. The highest BCUT2D eigenvalue weighted by Gasteiger charge is 2.06. The number of nitrogens with one attached hydrogen (secondary N) is 1. The summed E-state index contributed by atoms with van der Waals surface area (Å²) >= 11 is 4.95. The molecule has 0 radical (unpaired) electrons. The van der Waals surface area contributed by atoms with Gasteiger partial charge in [-0.25, -0.2) is 9.59 Å². The number of aryl methyl sites for hydroxylation is 2. The molecular formula is C30H27ClN6O4.